The SMILES string of the molecule is CSCC[C@@H](NC(=O)c1cc(Cl)c[nH]1)C(=O)O. The molecule has 0 aliphatic heterocycles. The maximum atomic E-state index is 11.7. The van der Waals surface area contributed by atoms with Crippen LogP contribution in [0.25, 0.3) is 0 Å². The van der Waals surface area contributed by atoms with E-state index in [1.807, 2.05) is 6.26 Å². The van der Waals surface area contributed by atoms with Gasteiger partial charge in [0, 0.05) is 6.20 Å². The lowest BCUT2D eigenvalue weighted by Gasteiger charge is -2.13. The molecule has 0 radical (unpaired) electrons. The predicted molar refractivity (Wildman–Crippen MR) is 67.7 cm³/mol. The van der Waals surface area contributed by atoms with Crippen LogP contribution in [-0.2, 0) is 4.79 Å². The van der Waals surface area contributed by atoms with E-state index in [9.17, 15) is 9.59 Å². The third kappa shape index (κ3) is 4.32. The predicted octanol–water partition coefficient (Wildman–Crippen LogP) is 1.60. The lowest BCUT2D eigenvalue weighted by atomic mass is 10.2. The molecule has 1 rings (SSSR count). The highest BCUT2D eigenvalue weighted by Gasteiger charge is 2.20. The number of amides is 1. The van der Waals surface area contributed by atoms with Crippen molar-refractivity contribution in [1.82, 2.24) is 10.3 Å². The molecule has 1 aromatic heterocycles. The van der Waals surface area contributed by atoms with Gasteiger partial charge in [0.2, 0.25) is 0 Å². The summed E-state index contributed by atoms with van der Waals surface area (Å²) in [5.41, 5.74) is 0.255. The number of nitrogens with one attached hydrogen (secondary N) is 2. The Morgan fingerprint density at radius 3 is 2.82 bits per heavy atom. The second kappa shape index (κ2) is 6.56. The van der Waals surface area contributed by atoms with Crippen molar-refractivity contribution in [2.45, 2.75) is 12.5 Å². The van der Waals surface area contributed by atoms with Gasteiger partial charge in [-0.05, 0) is 24.5 Å². The second-order valence-corrected chi connectivity index (χ2v) is 4.80. The third-order valence-corrected chi connectivity index (χ3v) is 2.97. The van der Waals surface area contributed by atoms with Crippen molar-refractivity contribution < 1.29 is 14.7 Å². The molecule has 1 atom stereocenters. The van der Waals surface area contributed by atoms with Crippen LogP contribution < -0.4 is 5.32 Å². The first-order valence-corrected chi connectivity index (χ1v) is 6.68. The highest BCUT2D eigenvalue weighted by atomic mass is 35.5. The summed E-state index contributed by atoms with van der Waals surface area (Å²) in [6.45, 7) is 0. The number of aromatic nitrogens is 1. The molecule has 3 N–H and O–H groups in total. The summed E-state index contributed by atoms with van der Waals surface area (Å²) >= 11 is 7.19. The van der Waals surface area contributed by atoms with E-state index in [2.05, 4.69) is 10.3 Å². The van der Waals surface area contributed by atoms with Gasteiger partial charge in [-0.1, -0.05) is 11.6 Å². The minimum Gasteiger partial charge on any atom is -0.480 e. The number of carbonyl (C=O) groups is 2. The second-order valence-electron chi connectivity index (χ2n) is 3.38. The molecule has 1 amide bonds. The Morgan fingerprint density at radius 1 is 1.65 bits per heavy atom. The first kappa shape index (κ1) is 13.9. The Kier molecular flexibility index (Phi) is 5.37. The number of thioether (sulfide) groups is 1. The van der Waals surface area contributed by atoms with Gasteiger partial charge in [-0.2, -0.15) is 11.8 Å². The fourth-order valence-corrected chi connectivity index (χ4v) is 1.86. The van der Waals surface area contributed by atoms with E-state index in [4.69, 9.17) is 16.7 Å². The number of aliphatic carboxylic acids is 1. The Morgan fingerprint density at radius 2 is 2.35 bits per heavy atom. The van der Waals surface area contributed by atoms with Gasteiger partial charge in [-0.25, -0.2) is 4.79 Å². The summed E-state index contributed by atoms with van der Waals surface area (Å²) in [4.78, 5) is 25.2. The normalized spacial score (nSPS) is 12.1. The minimum absolute atomic E-state index is 0.255. The van der Waals surface area contributed by atoms with E-state index in [1.165, 1.54) is 24.0 Å². The zero-order valence-electron chi connectivity index (χ0n) is 9.20. The van der Waals surface area contributed by atoms with Crippen LogP contribution in [-0.4, -0.2) is 40.0 Å². The topological polar surface area (TPSA) is 82.2 Å². The van der Waals surface area contributed by atoms with E-state index in [-0.39, 0.29) is 5.69 Å². The number of halogens is 1. The molecule has 1 heterocycles. The zero-order chi connectivity index (χ0) is 12.8. The van der Waals surface area contributed by atoms with Crippen LogP contribution in [0.4, 0.5) is 0 Å². The van der Waals surface area contributed by atoms with Crippen molar-refractivity contribution in [3.05, 3.63) is 23.0 Å². The van der Waals surface area contributed by atoms with E-state index in [1.54, 1.807) is 0 Å². The van der Waals surface area contributed by atoms with Crippen molar-refractivity contribution in [3.63, 3.8) is 0 Å². The van der Waals surface area contributed by atoms with Crippen LogP contribution in [0.5, 0.6) is 0 Å². The van der Waals surface area contributed by atoms with Gasteiger partial charge in [0.05, 0.1) is 5.02 Å². The number of aromatic amines is 1. The molecule has 7 heteroatoms. The Hall–Kier alpha value is -1.14. The molecule has 0 fully saturated rings. The summed E-state index contributed by atoms with van der Waals surface area (Å²) < 4.78 is 0. The molecule has 0 aliphatic carbocycles. The van der Waals surface area contributed by atoms with Crippen LogP contribution in [0.1, 0.15) is 16.9 Å². The fraction of sp³-hybridized carbons (Fsp3) is 0.400. The molecule has 0 aromatic carbocycles. The summed E-state index contributed by atoms with van der Waals surface area (Å²) in [6, 6.07) is 0.571. The van der Waals surface area contributed by atoms with Crippen molar-refractivity contribution in [2.75, 3.05) is 12.0 Å². The molecule has 0 bridgehead atoms. The standard InChI is InChI=1S/C10H13ClN2O3S/c1-17-3-2-7(10(15)16)13-9(14)8-4-6(11)5-12-8/h4-5,7,12H,2-3H2,1H3,(H,13,14)(H,15,16)/t7-/m1/s1. The number of hydrogen-bond acceptors (Lipinski definition) is 3. The average Bonchev–Trinajstić information content (AvgIpc) is 2.70. The monoisotopic (exact) mass is 276 g/mol. The van der Waals surface area contributed by atoms with Crippen molar-refractivity contribution in [3.8, 4) is 0 Å². The maximum Gasteiger partial charge on any atom is 0.326 e. The molecule has 0 spiro atoms. The van der Waals surface area contributed by atoms with Crippen molar-refractivity contribution >= 4 is 35.2 Å². The van der Waals surface area contributed by atoms with Gasteiger partial charge < -0.3 is 15.4 Å². The maximum absolute atomic E-state index is 11.7. The molecule has 0 aliphatic rings. The quantitative estimate of drug-likeness (QED) is 0.737. The van der Waals surface area contributed by atoms with Gasteiger partial charge in [0.1, 0.15) is 11.7 Å². The van der Waals surface area contributed by atoms with Gasteiger partial charge in [-0.15, -0.1) is 0 Å². The number of carbonyl (C=O) groups excluding carboxylic acids is 1. The van der Waals surface area contributed by atoms with Gasteiger partial charge >= 0.3 is 5.97 Å². The first-order chi connectivity index (χ1) is 8.04. The first-order valence-electron chi connectivity index (χ1n) is 4.91. The summed E-state index contributed by atoms with van der Waals surface area (Å²) in [5.74, 6) is -0.835. The average molecular weight is 277 g/mol. The number of carboxylic acids is 1. The Labute approximate surface area is 108 Å². The molecular formula is C10H13ClN2O3S. The van der Waals surface area contributed by atoms with Crippen LogP contribution in [0.3, 0.4) is 0 Å². The molecular weight excluding hydrogens is 264 g/mol. The number of rotatable bonds is 6. The van der Waals surface area contributed by atoms with E-state index >= 15 is 0 Å². The lowest BCUT2D eigenvalue weighted by Crippen LogP contribution is -2.41. The largest absolute Gasteiger partial charge is 0.480 e. The van der Waals surface area contributed by atoms with Gasteiger partial charge in [-0.3, -0.25) is 4.79 Å². The summed E-state index contributed by atoms with van der Waals surface area (Å²) in [7, 11) is 0. The van der Waals surface area contributed by atoms with Crippen molar-refractivity contribution in [2.24, 2.45) is 0 Å². The molecule has 1 aromatic rings. The van der Waals surface area contributed by atoms with E-state index in [0.717, 1.165) is 0 Å². The highest BCUT2D eigenvalue weighted by Crippen LogP contribution is 2.10. The van der Waals surface area contributed by atoms with Crippen LogP contribution in [0.15, 0.2) is 12.3 Å². The van der Waals surface area contributed by atoms with Crippen LogP contribution in [0, 0.1) is 0 Å². The van der Waals surface area contributed by atoms with E-state index in [0.29, 0.717) is 17.2 Å². The van der Waals surface area contributed by atoms with Gasteiger partial charge in [0.25, 0.3) is 5.91 Å². The fourth-order valence-electron chi connectivity index (χ4n) is 1.23. The molecule has 17 heavy (non-hydrogen) atoms. The summed E-state index contributed by atoms with van der Waals surface area (Å²) in [6.07, 6.45) is 3.73. The number of hydrogen-bond donors (Lipinski definition) is 3. The molecule has 0 unspecified atom stereocenters. The Balaban J connectivity index is 2.60. The molecule has 0 saturated heterocycles. The number of carboxylic acid groups (broad SMARTS) is 1. The highest BCUT2D eigenvalue weighted by molar-refractivity contribution is 7.98. The van der Waals surface area contributed by atoms with Crippen molar-refractivity contribution in [1.29, 1.82) is 0 Å². The van der Waals surface area contributed by atoms with Crippen LogP contribution >= 0.6 is 23.4 Å². The summed E-state index contributed by atoms with van der Waals surface area (Å²) in [5, 5.41) is 11.8. The minimum atomic E-state index is -1.04. The zero-order valence-corrected chi connectivity index (χ0v) is 10.8. The van der Waals surface area contributed by atoms with Crippen LogP contribution in [0.2, 0.25) is 5.02 Å². The molecule has 0 saturated carbocycles. The molecule has 94 valence electrons. The Bertz CT molecular complexity index is 408. The number of H-pyrrole nitrogens is 1. The van der Waals surface area contributed by atoms with E-state index < -0.39 is 17.9 Å². The van der Waals surface area contributed by atoms with Gasteiger partial charge in [0.15, 0.2) is 0 Å². The molecule has 5 nitrogen and oxygen atoms in total. The smallest absolute Gasteiger partial charge is 0.326 e. The lowest BCUT2D eigenvalue weighted by molar-refractivity contribution is -0.139. The third-order valence-electron chi connectivity index (χ3n) is 2.11.